The molecule has 1 amide bonds. The van der Waals surface area contributed by atoms with Crippen molar-refractivity contribution in [1.82, 2.24) is 14.5 Å². The maximum absolute atomic E-state index is 12.5. The molecule has 7 nitrogen and oxygen atoms in total. The van der Waals surface area contributed by atoms with E-state index < -0.39 is 10.0 Å². The Bertz CT molecular complexity index is 743. The minimum absolute atomic E-state index is 0.0906. The summed E-state index contributed by atoms with van der Waals surface area (Å²) in [7, 11) is -3.47. The summed E-state index contributed by atoms with van der Waals surface area (Å²) in [5, 5.41) is 0. The maximum atomic E-state index is 12.5. The fraction of sp³-hybridized carbons (Fsp3) is 0.632. The second-order valence-corrected chi connectivity index (χ2v) is 9.41. The molecule has 3 N–H and O–H groups in total. The summed E-state index contributed by atoms with van der Waals surface area (Å²) in [6.45, 7) is 5.89. The molecular weight excluding hydrogens is 364 g/mol. The van der Waals surface area contributed by atoms with Crippen molar-refractivity contribution in [3.63, 3.8) is 0 Å². The Hall–Kier alpha value is -1.48. The average Bonchev–Trinajstić information content (AvgIpc) is 3.08. The van der Waals surface area contributed by atoms with Crippen LogP contribution in [0.5, 0.6) is 0 Å². The second kappa shape index (κ2) is 8.68. The lowest BCUT2D eigenvalue weighted by atomic mass is 10.1. The van der Waals surface area contributed by atoms with Crippen molar-refractivity contribution in [3.8, 4) is 0 Å². The number of nitrogens with one attached hydrogen (secondary N) is 1. The predicted molar refractivity (Wildman–Crippen MR) is 105 cm³/mol. The van der Waals surface area contributed by atoms with Gasteiger partial charge in [-0.25, -0.2) is 13.1 Å². The van der Waals surface area contributed by atoms with Crippen LogP contribution in [-0.2, 0) is 14.8 Å². The van der Waals surface area contributed by atoms with E-state index in [1.165, 1.54) is 0 Å². The van der Waals surface area contributed by atoms with Crippen molar-refractivity contribution in [3.05, 3.63) is 29.8 Å². The van der Waals surface area contributed by atoms with Gasteiger partial charge in [-0.3, -0.25) is 9.69 Å². The van der Waals surface area contributed by atoms with Crippen LogP contribution in [0.2, 0.25) is 0 Å². The molecule has 2 aliphatic rings. The van der Waals surface area contributed by atoms with Gasteiger partial charge in [-0.05, 0) is 38.3 Å². The fourth-order valence-electron chi connectivity index (χ4n) is 3.83. The summed E-state index contributed by atoms with van der Waals surface area (Å²) in [5.41, 5.74) is 6.95. The van der Waals surface area contributed by atoms with E-state index in [-0.39, 0.29) is 17.9 Å². The highest BCUT2D eigenvalue weighted by atomic mass is 32.2. The van der Waals surface area contributed by atoms with Gasteiger partial charge in [0, 0.05) is 51.2 Å². The molecule has 0 spiro atoms. The van der Waals surface area contributed by atoms with Gasteiger partial charge < -0.3 is 10.6 Å². The molecule has 27 heavy (non-hydrogen) atoms. The van der Waals surface area contributed by atoms with Gasteiger partial charge in [0.15, 0.2) is 0 Å². The lowest BCUT2D eigenvalue weighted by Crippen LogP contribution is -2.51. The maximum Gasteiger partial charge on any atom is 0.240 e. The number of hydrogen-bond acceptors (Lipinski definition) is 5. The zero-order valence-electron chi connectivity index (χ0n) is 15.9. The molecule has 3 rings (SSSR count). The predicted octanol–water partition coefficient (Wildman–Crippen LogP) is 0.545. The Morgan fingerprint density at radius 2 is 1.81 bits per heavy atom. The quantitative estimate of drug-likeness (QED) is 0.734. The molecule has 1 saturated heterocycles. The van der Waals surface area contributed by atoms with Gasteiger partial charge in [0.2, 0.25) is 15.9 Å². The van der Waals surface area contributed by atoms with Gasteiger partial charge in [0.25, 0.3) is 0 Å². The highest BCUT2D eigenvalue weighted by Crippen LogP contribution is 2.26. The fourth-order valence-corrected chi connectivity index (χ4v) is 4.85. The summed E-state index contributed by atoms with van der Waals surface area (Å²) in [4.78, 5) is 17.0. The van der Waals surface area contributed by atoms with Crippen LogP contribution in [0.4, 0.5) is 0 Å². The second-order valence-electron chi connectivity index (χ2n) is 7.65. The molecule has 1 heterocycles. The third kappa shape index (κ3) is 5.28. The summed E-state index contributed by atoms with van der Waals surface area (Å²) >= 11 is 0. The Labute approximate surface area is 161 Å². The number of carbonyl (C=O) groups excluding carboxylic acids is 1. The number of sulfonamides is 1. The Kier molecular flexibility index (Phi) is 6.52. The molecule has 150 valence electrons. The van der Waals surface area contributed by atoms with E-state index in [0.717, 1.165) is 37.9 Å². The van der Waals surface area contributed by atoms with Crippen molar-refractivity contribution in [2.24, 2.45) is 11.7 Å². The number of nitrogens with zero attached hydrogens (tertiary/aromatic N) is 2. The minimum Gasteiger partial charge on any atom is -0.340 e. The standard InChI is InChI=1S/C19H30N4O3S/c1-15-2-6-18(7-3-15)27(25,26)21-8-9-22-10-12-23(13-11-22)19(24)16-4-5-17(20)14-16/h2-3,6-7,16-17,21H,4-5,8-14,20H2,1H3. The number of amides is 1. The molecule has 2 fully saturated rings. The first-order valence-electron chi connectivity index (χ1n) is 9.68. The average molecular weight is 395 g/mol. The molecule has 1 aromatic carbocycles. The number of aryl methyl sites for hydroxylation is 1. The van der Waals surface area contributed by atoms with Crippen LogP contribution in [-0.4, -0.2) is 69.4 Å². The summed E-state index contributed by atoms with van der Waals surface area (Å²) < 4.78 is 27.3. The molecule has 0 aromatic heterocycles. The number of nitrogens with two attached hydrogens (primary N) is 1. The molecular formula is C19H30N4O3S. The summed E-state index contributed by atoms with van der Waals surface area (Å²) in [5.74, 6) is 0.329. The summed E-state index contributed by atoms with van der Waals surface area (Å²) in [6, 6.07) is 7.00. The van der Waals surface area contributed by atoms with Gasteiger partial charge in [0.1, 0.15) is 0 Å². The Balaban J connectivity index is 1.40. The van der Waals surface area contributed by atoms with Gasteiger partial charge in [-0.2, -0.15) is 0 Å². The van der Waals surface area contributed by atoms with Crippen LogP contribution in [0, 0.1) is 12.8 Å². The monoisotopic (exact) mass is 394 g/mol. The van der Waals surface area contributed by atoms with E-state index in [1.54, 1.807) is 24.3 Å². The van der Waals surface area contributed by atoms with Crippen molar-refractivity contribution in [1.29, 1.82) is 0 Å². The molecule has 1 aliphatic heterocycles. The van der Waals surface area contributed by atoms with Crippen molar-refractivity contribution in [2.45, 2.75) is 37.1 Å². The Morgan fingerprint density at radius 1 is 1.15 bits per heavy atom. The van der Waals surface area contributed by atoms with E-state index in [2.05, 4.69) is 9.62 Å². The van der Waals surface area contributed by atoms with Crippen molar-refractivity contribution in [2.75, 3.05) is 39.3 Å². The highest BCUT2D eigenvalue weighted by molar-refractivity contribution is 7.89. The lowest BCUT2D eigenvalue weighted by molar-refractivity contribution is -0.137. The van der Waals surface area contributed by atoms with Gasteiger partial charge in [-0.15, -0.1) is 0 Å². The van der Waals surface area contributed by atoms with E-state index in [1.807, 2.05) is 11.8 Å². The van der Waals surface area contributed by atoms with Crippen LogP contribution in [0.1, 0.15) is 24.8 Å². The number of benzene rings is 1. The number of piperazine rings is 1. The van der Waals surface area contributed by atoms with Crippen LogP contribution >= 0.6 is 0 Å². The molecule has 1 saturated carbocycles. The van der Waals surface area contributed by atoms with Crippen molar-refractivity contribution < 1.29 is 13.2 Å². The third-order valence-electron chi connectivity index (χ3n) is 5.56. The molecule has 1 aromatic rings. The largest absolute Gasteiger partial charge is 0.340 e. The summed E-state index contributed by atoms with van der Waals surface area (Å²) in [6.07, 6.45) is 2.65. The van der Waals surface area contributed by atoms with Gasteiger partial charge >= 0.3 is 0 Å². The van der Waals surface area contributed by atoms with Crippen LogP contribution in [0.15, 0.2) is 29.2 Å². The topological polar surface area (TPSA) is 95.7 Å². The first-order valence-corrected chi connectivity index (χ1v) is 11.2. The zero-order valence-corrected chi connectivity index (χ0v) is 16.7. The molecule has 0 radical (unpaired) electrons. The molecule has 0 bridgehead atoms. The SMILES string of the molecule is Cc1ccc(S(=O)(=O)NCCN2CCN(C(=O)C3CCC(N)C3)CC2)cc1. The van der Waals surface area contributed by atoms with Crippen LogP contribution in [0.3, 0.4) is 0 Å². The molecule has 8 heteroatoms. The zero-order chi connectivity index (χ0) is 19.4. The first-order chi connectivity index (χ1) is 12.8. The molecule has 1 aliphatic carbocycles. The minimum atomic E-state index is -3.47. The van der Waals surface area contributed by atoms with Gasteiger partial charge in [-0.1, -0.05) is 17.7 Å². The lowest BCUT2D eigenvalue weighted by Gasteiger charge is -2.36. The number of carbonyl (C=O) groups is 1. The van der Waals surface area contributed by atoms with Crippen LogP contribution < -0.4 is 10.5 Å². The van der Waals surface area contributed by atoms with Crippen molar-refractivity contribution >= 4 is 15.9 Å². The molecule has 2 unspecified atom stereocenters. The molecule has 2 atom stereocenters. The van der Waals surface area contributed by atoms with E-state index >= 15 is 0 Å². The van der Waals surface area contributed by atoms with Crippen LogP contribution in [0.25, 0.3) is 0 Å². The Morgan fingerprint density at radius 3 is 2.41 bits per heavy atom. The number of rotatable bonds is 6. The first kappa shape index (κ1) is 20.3. The van der Waals surface area contributed by atoms with E-state index in [4.69, 9.17) is 5.73 Å². The van der Waals surface area contributed by atoms with E-state index in [0.29, 0.717) is 31.1 Å². The smallest absolute Gasteiger partial charge is 0.240 e. The highest BCUT2D eigenvalue weighted by Gasteiger charge is 2.32. The normalized spacial score (nSPS) is 24.3. The number of hydrogen-bond donors (Lipinski definition) is 2. The van der Waals surface area contributed by atoms with Gasteiger partial charge in [0.05, 0.1) is 4.90 Å². The third-order valence-corrected chi connectivity index (χ3v) is 7.03. The van der Waals surface area contributed by atoms with E-state index in [9.17, 15) is 13.2 Å².